The van der Waals surface area contributed by atoms with Crippen LogP contribution in [-0.4, -0.2) is 113 Å². The van der Waals surface area contributed by atoms with E-state index in [-0.39, 0.29) is 113 Å². The van der Waals surface area contributed by atoms with Crippen LogP contribution in [0.15, 0.2) is 0 Å². The maximum absolute atomic E-state index is 7.81. The van der Waals surface area contributed by atoms with Crippen molar-refractivity contribution in [3.8, 4) is 0 Å². The van der Waals surface area contributed by atoms with Gasteiger partial charge in [-0.3, -0.25) is 0 Å². The van der Waals surface area contributed by atoms with Crippen molar-refractivity contribution in [3.63, 3.8) is 0 Å². The maximum atomic E-state index is 7.81. The predicted molar refractivity (Wildman–Crippen MR) is 17.9 cm³/mol. The Morgan fingerprint density at radius 3 is 1.20 bits per heavy atom. The first-order valence-corrected chi connectivity index (χ1v) is 0.508. The molecule has 0 atom stereocenters. The molecule has 0 N–H and O–H groups in total. The zero-order valence-electron chi connectivity index (χ0n) is 2.57. The first-order valence-electron chi connectivity index (χ1n) is 0.123. The van der Waals surface area contributed by atoms with Crippen molar-refractivity contribution < 1.29 is 19.8 Å². The van der Waals surface area contributed by atoms with Gasteiger partial charge in [-0.05, 0) is 0 Å². The van der Waals surface area contributed by atoms with Gasteiger partial charge in [-0.1, -0.05) is 0 Å². The van der Waals surface area contributed by atoms with Crippen LogP contribution in [0.4, 0.5) is 0 Å². The van der Waals surface area contributed by atoms with E-state index in [0.29, 0.717) is 0 Å². The molecule has 0 aromatic carbocycles. The van der Waals surface area contributed by atoms with Gasteiger partial charge >= 0.3 is 19.8 Å². The van der Waals surface area contributed by atoms with Crippen LogP contribution in [0.25, 0.3) is 0 Å². The second-order valence-corrected chi connectivity index (χ2v) is 0. The molecular formula is BaBiCaCuO. The average Bonchev–Trinajstić information content (AvgIpc) is 1.00. The van der Waals surface area contributed by atoms with Gasteiger partial charge in [0.1, 0.15) is 0 Å². The van der Waals surface area contributed by atoms with Gasteiger partial charge < -0.3 is 0 Å². The molecule has 5 heavy (non-hydrogen) atoms. The Balaban J connectivity index is -0.00000000167. The van der Waals surface area contributed by atoms with Crippen LogP contribution in [0.5, 0.6) is 0 Å². The molecule has 26 valence electrons. The first kappa shape index (κ1) is 23.0. The van der Waals surface area contributed by atoms with Crippen molar-refractivity contribution in [2.75, 3.05) is 0 Å². The van der Waals surface area contributed by atoms with Crippen molar-refractivity contribution in [2.45, 2.75) is 0 Å². The monoisotopic (exact) mass is 466 g/mol. The van der Waals surface area contributed by atoms with E-state index in [1.165, 1.54) is 0 Å². The summed E-state index contributed by atoms with van der Waals surface area (Å²) >= 11 is 2.94. The van der Waals surface area contributed by atoms with Crippen LogP contribution in [0.3, 0.4) is 0 Å². The second-order valence-electron chi connectivity index (χ2n) is 0. The second kappa shape index (κ2) is 24.4. The summed E-state index contributed by atoms with van der Waals surface area (Å²) in [7, 11) is 0. The van der Waals surface area contributed by atoms with Crippen LogP contribution >= 0.6 is 0 Å². The minimum atomic E-state index is 0. The van der Waals surface area contributed by atoms with Gasteiger partial charge in [0.25, 0.3) is 0 Å². The van der Waals surface area contributed by atoms with Crippen molar-refractivity contribution >= 4 is 113 Å². The standard InChI is InChI=1S/Ba.Bi.Ca.Cu.O. The zero-order valence-corrected chi connectivity index (χ0v) is 13.6. The van der Waals surface area contributed by atoms with Gasteiger partial charge in [0.2, 0.25) is 0 Å². The van der Waals surface area contributed by atoms with Gasteiger partial charge in [0.05, 0.1) is 0 Å². The molecule has 7 radical (unpaired) electrons. The van der Waals surface area contributed by atoms with E-state index < -0.39 is 0 Å². The summed E-state index contributed by atoms with van der Waals surface area (Å²) in [5.41, 5.74) is 0. The molecule has 0 aliphatic carbocycles. The molecule has 0 unspecified atom stereocenters. The quantitative estimate of drug-likeness (QED) is 0.408. The van der Waals surface area contributed by atoms with Crippen molar-refractivity contribution in [1.29, 1.82) is 0 Å². The normalized spacial score (nSPS) is 1.20. The van der Waals surface area contributed by atoms with Gasteiger partial charge in [-0.2, -0.15) is 0 Å². The van der Waals surface area contributed by atoms with Gasteiger partial charge in [0, 0.05) is 113 Å². The first-order chi connectivity index (χ1) is 1.00. The molecule has 0 spiro atoms. The minimum absolute atomic E-state index is 0. The van der Waals surface area contributed by atoms with E-state index >= 15 is 0 Å². The van der Waals surface area contributed by atoms with Crippen molar-refractivity contribution in [2.24, 2.45) is 0 Å². The third kappa shape index (κ3) is 18.0. The molecule has 0 aliphatic heterocycles. The van der Waals surface area contributed by atoms with Crippen molar-refractivity contribution in [1.82, 2.24) is 0 Å². The Morgan fingerprint density at radius 1 is 1.20 bits per heavy atom. The molecule has 0 aromatic heterocycles. The zero-order chi connectivity index (χ0) is 2.00. The summed E-state index contributed by atoms with van der Waals surface area (Å²) in [6.45, 7) is 0. The molecule has 0 heterocycles. The molecule has 0 saturated heterocycles. The topological polar surface area (TPSA) is 17.1 Å². The van der Waals surface area contributed by atoms with Crippen molar-refractivity contribution in [3.05, 3.63) is 0 Å². The summed E-state index contributed by atoms with van der Waals surface area (Å²) in [4.78, 5) is 0. The average molecular weight is 466 g/mol. The Kier molecular flexibility index (Phi) is 112. The fourth-order valence-corrected chi connectivity index (χ4v) is 0. The molecule has 0 bridgehead atoms. The summed E-state index contributed by atoms with van der Waals surface area (Å²) in [5.74, 6) is 0. The molecule has 0 aromatic rings. The molecule has 5 heteroatoms. The van der Waals surface area contributed by atoms with Gasteiger partial charge in [0.15, 0.2) is 0 Å². The molecule has 0 aliphatic rings. The van der Waals surface area contributed by atoms with E-state index in [0.717, 1.165) is 0 Å². The number of hydrogen-bond donors (Lipinski definition) is 0. The van der Waals surface area contributed by atoms with E-state index in [2.05, 4.69) is 15.9 Å². The predicted octanol–water partition coefficient (Wildman–Crippen LogP) is -1.26. The summed E-state index contributed by atoms with van der Waals surface area (Å²) < 4.78 is 7.81. The third-order valence-corrected chi connectivity index (χ3v) is 0. The molecule has 0 fully saturated rings. The van der Waals surface area contributed by atoms with Crippen LogP contribution in [-0.2, 0) is 19.8 Å². The number of rotatable bonds is 0. The molecule has 0 saturated carbocycles. The van der Waals surface area contributed by atoms with Crippen LogP contribution < -0.4 is 0 Å². The Labute approximate surface area is 129 Å². The Morgan fingerprint density at radius 2 is 1.20 bits per heavy atom. The fourth-order valence-electron chi connectivity index (χ4n) is 0. The summed E-state index contributed by atoms with van der Waals surface area (Å²) in [5, 5.41) is 0. The van der Waals surface area contributed by atoms with E-state index in [1.807, 2.05) is 0 Å². The van der Waals surface area contributed by atoms with Crippen LogP contribution in [0.1, 0.15) is 0 Å². The Hall–Kier alpha value is 4.03. The molecule has 0 rings (SSSR count). The van der Waals surface area contributed by atoms with Gasteiger partial charge in [-0.15, -0.1) is 0 Å². The fraction of sp³-hybridized carbons (Fsp3) is 0. The summed E-state index contributed by atoms with van der Waals surface area (Å²) in [6, 6.07) is 0. The van der Waals surface area contributed by atoms with Gasteiger partial charge in [-0.25, -0.2) is 0 Å². The third-order valence-electron chi connectivity index (χ3n) is 0. The van der Waals surface area contributed by atoms with E-state index in [9.17, 15) is 0 Å². The Bertz CT molecular complexity index is 11.6. The van der Waals surface area contributed by atoms with E-state index in [4.69, 9.17) is 3.83 Å². The van der Waals surface area contributed by atoms with Crippen LogP contribution in [0.2, 0.25) is 0 Å². The summed E-state index contributed by atoms with van der Waals surface area (Å²) in [6.07, 6.45) is 0. The van der Waals surface area contributed by atoms with Crippen LogP contribution in [0, 0.1) is 0 Å². The van der Waals surface area contributed by atoms with E-state index in [1.54, 1.807) is 0 Å². The molecule has 0 amide bonds. The SMILES string of the molecule is [Ba].[Bi].[Ca].[O]=[Cu]. The number of hydrogen-bond acceptors (Lipinski definition) is 1. The molecule has 1 nitrogen and oxygen atoms in total. The molecular weight excluding hydrogens is 466 g/mol.